The fourth-order valence-electron chi connectivity index (χ4n) is 2.11. The minimum Gasteiger partial charge on any atom is -0.481 e. The summed E-state index contributed by atoms with van der Waals surface area (Å²) in [5.74, 6) is -0.927. The lowest BCUT2D eigenvalue weighted by atomic mass is 9.83. The van der Waals surface area contributed by atoms with Gasteiger partial charge in [-0.25, -0.2) is 0 Å². The number of carbonyl (C=O) groups is 1. The van der Waals surface area contributed by atoms with Crippen LogP contribution in [-0.4, -0.2) is 22.5 Å². The molecule has 0 amide bonds. The average Bonchev–Trinajstić information content (AvgIpc) is 2.33. The number of hydrogen-bond acceptors (Lipinski definition) is 3. The van der Waals surface area contributed by atoms with Crippen LogP contribution in [-0.2, 0) is 4.79 Å². The van der Waals surface area contributed by atoms with Crippen molar-refractivity contribution in [1.82, 2.24) is 0 Å². The van der Waals surface area contributed by atoms with Gasteiger partial charge in [-0.3, -0.25) is 14.9 Å². The third-order valence-electron chi connectivity index (χ3n) is 2.65. The highest BCUT2D eigenvalue weighted by Gasteiger charge is 2.40. The van der Waals surface area contributed by atoms with E-state index >= 15 is 0 Å². The van der Waals surface area contributed by atoms with E-state index in [9.17, 15) is 14.9 Å². The van der Waals surface area contributed by atoms with Gasteiger partial charge >= 0.3 is 5.97 Å². The Morgan fingerprint density at radius 3 is 2.38 bits per heavy atom. The molecule has 0 atom stereocenters. The van der Waals surface area contributed by atoms with Crippen LogP contribution in [0.3, 0.4) is 0 Å². The zero-order valence-corrected chi connectivity index (χ0v) is 7.36. The molecule has 1 rings (SSSR count). The summed E-state index contributed by atoms with van der Waals surface area (Å²) in [4.78, 5) is 20.5. The van der Waals surface area contributed by atoms with E-state index in [1.54, 1.807) is 0 Å². The molecule has 5 heteroatoms. The lowest BCUT2D eigenvalue weighted by Gasteiger charge is -2.21. The van der Waals surface area contributed by atoms with Crippen molar-refractivity contribution in [3.8, 4) is 0 Å². The zero-order chi connectivity index (χ0) is 9.90. The number of rotatable bonds is 4. The monoisotopic (exact) mass is 187 g/mol. The first-order valence-corrected chi connectivity index (χ1v) is 4.38. The number of aliphatic carboxylic acids is 1. The van der Waals surface area contributed by atoms with Gasteiger partial charge < -0.3 is 5.11 Å². The minimum atomic E-state index is -0.927. The van der Waals surface area contributed by atoms with Crippen molar-refractivity contribution < 1.29 is 14.8 Å². The van der Waals surface area contributed by atoms with Crippen LogP contribution < -0.4 is 0 Å². The Kier molecular flexibility index (Phi) is 2.85. The van der Waals surface area contributed by atoms with Crippen molar-refractivity contribution in [2.24, 2.45) is 5.41 Å². The van der Waals surface area contributed by atoms with Crippen molar-refractivity contribution in [3.63, 3.8) is 0 Å². The Balaban J connectivity index is 2.62. The number of nitrogens with zero attached hydrogens (tertiary/aromatic N) is 1. The molecule has 0 radical (unpaired) electrons. The first kappa shape index (κ1) is 9.95. The van der Waals surface area contributed by atoms with Crippen LogP contribution in [0, 0.1) is 15.5 Å². The van der Waals surface area contributed by atoms with Crippen molar-refractivity contribution >= 4 is 5.97 Å². The maximum Gasteiger partial charge on any atom is 0.304 e. The molecule has 0 unspecified atom stereocenters. The van der Waals surface area contributed by atoms with Crippen molar-refractivity contribution in [2.75, 3.05) is 6.54 Å². The lowest BCUT2D eigenvalue weighted by Crippen LogP contribution is -2.29. The smallest absolute Gasteiger partial charge is 0.304 e. The van der Waals surface area contributed by atoms with Crippen LogP contribution in [0.4, 0.5) is 0 Å². The van der Waals surface area contributed by atoms with E-state index in [-0.39, 0.29) is 13.0 Å². The predicted octanol–water partition coefficient (Wildman–Crippen LogP) is 1.30. The first-order valence-electron chi connectivity index (χ1n) is 4.38. The molecule has 1 aliphatic carbocycles. The summed E-state index contributed by atoms with van der Waals surface area (Å²) in [5.41, 5.74) is -0.560. The third kappa shape index (κ3) is 2.68. The van der Waals surface area contributed by atoms with Gasteiger partial charge in [0.05, 0.1) is 6.42 Å². The molecule has 0 aromatic heterocycles. The normalized spacial score (nSPS) is 20.0. The number of carboxylic acids is 1. The van der Waals surface area contributed by atoms with Crippen LogP contribution in [0.25, 0.3) is 0 Å². The molecule has 1 aliphatic rings. The Morgan fingerprint density at radius 1 is 1.46 bits per heavy atom. The van der Waals surface area contributed by atoms with Crippen molar-refractivity contribution in [3.05, 3.63) is 10.1 Å². The van der Waals surface area contributed by atoms with Gasteiger partial charge in [0, 0.05) is 10.3 Å². The number of nitro groups is 1. The molecule has 0 aromatic rings. The van der Waals surface area contributed by atoms with E-state index in [1.807, 2.05) is 0 Å². The minimum absolute atomic E-state index is 0.0615. The second kappa shape index (κ2) is 3.72. The molecule has 13 heavy (non-hydrogen) atoms. The van der Waals surface area contributed by atoms with Gasteiger partial charge in [0.15, 0.2) is 0 Å². The van der Waals surface area contributed by atoms with Crippen LogP contribution in [0.2, 0.25) is 0 Å². The molecule has 1 fully saturated rings. The fourth-order valence-corrected chi connectivity index (χ4v) is 2.11. The van der Waals surface area contributed by atoms with Gasteiger partial charge in [-0.2, -0.15) is 0 Å². The third-order valence-corrected chi connectivity index (χ3v) is 2.65. The van der Waals surface area contributed by atoms with Gasteiger partial charge in [-0.15, -0.1) is 0 Å². The fraction of sp³-hybridized carbons (Fsp3) is 0.875. The highest BCUT2D eigenvalue weighted by molar-refractivity contribution is 5.67. The summed E-state index contributed by atoms with van der Waals surface area (Å²) in [7, 11) is 0. The van der Waals surface area contributed by atoms with Gasteiger partial charge in [0.1, 0.15) is 0 Å². The van der Waals surface area contributed by atoms with Crippen LogP contribution >= 0.6 is 0 Å². The largest absolute Gasteiger partial charge is 0.481 e. The Hall–Kier alpha value is -1.13. The summed E-state index contributed by atoms with van der Waals surface area (Å²) in [6.07, 6.45) is 3.14. The van der Waals surface area contributed by atoms with Crippen LogP contribution in [0.15, 0.2) is 0 Å². The van der Waals surface area contributed by atoms with Crippen LogP contribution in [0.1, 0.15) is 32.1 Å². The van der Waals surface area contributed by atoms with Crippen molar-refractivity contribution in [1.29, 1.82) is 0 Å². The lowest BCUT2D eigenvalue weighted by molar-refractivity contribution is -0.497. The highest BCUT2D eigenvalue weighted by atomic mass is 16.6. The molecule has 0 aliphatic heterocycles. The Bertz CT molecular complexity index is 202. The number of hydrogen-bond donors (Lipinski definition) is 1. The van der Waals surface area contributed by atoms with Crippen molar-refractivity contribution in [2.45, 2.75) is 32.1 Å². The Morgan fingerprint density at radius 2 is 2.00 bits per heavy atom. The zero-order valence-electron chi connectivity index (χ0n) is 7.36. The number of carboxylic acid groups (broad SMARTS) is 1. The first-order chi connectivity index (χ1) is 6.04. The van der Waals surface area contributed by atoms with E-state index in [4.69, 9.17) is 5.11 Å². The molecular weight excluding hydrogens is 174 g/mol. The Labute approximate surface area is 75.9 Å². The topological polar surface area (TPSA) is 80.4 Å². The highest BCUT2D eigenvalue weighted by Crippen LogP contribution is 2.41. The van der Waals surface area contributed by atoms with Gasteiger partial charge in [-0.1, -0.05) is 12.8 Å². The summed E-state index contributed by atoms with van der Waals surface area (Å²) in [6.45, 7) is -0.195. The second-order valence-corrected chi connectivity index (χ2v) is 3.77. The molecule has 0 spiro atoms. The molecule has 0 bridgehead atoms. The molecule has 1 N–H and O–H groups in total. The molecule has 5 nitrogen and oxygen atoms in total. The molecule has 74 valence electrons. The average molecular weight is 187 g/mol. The summed E-state index contributed by atoms with van der Waals surface area (Å²) in [6, 6.07) is 0. The molecule has 0 saturated heterocycles. The van der Waals surface area contributed by atoms with Gasteiger partial charge in [0.25, 0.3) is 0 Å². The summed E-state index contributed by atoms with van der Waals surface area (Å²) >= 11 is 0. The molecule has 1 saturated carbocycles. The van der Waals surface area contributed by atoms with E-state index in [2.05, 4.69) is 0 Å². The van der Waals surface area contributed by atoms with Gasteiger partial charge in [-0.05, 0) is 12.8 Å². The molecule has 0 heterocycles. The second-order valence-electron chi connectivity index (χ2n) is 3.77. The van der Waals surface area contributed by atoms with E-state index in [0.717, 1.165) is 12.8 Å². The van der Waals surface area contributed by atoms with E-state index < -0.39 is 16.3 Å². The summed E-state index contributed by atoms with van der Waals surface area (Å²) < 4.78 is 0. The van der Waals surface area contributed by atoms with E-state index in [0.29, 0.717) is 12.8 Å². The van der Waals surface area contributed by atoms with E-state index in [1.165, 1.54) is 0 Å². The molecule has 0 aromatic carbocycles. The van der Waals surface area contributed by atoms with Crippen LogP contribution in [0.5, 0.6) is 0 Å². The molecular formula is C8H13NO4. The maximum atomic E-state index is 10.5. The summed E-state index contributed by atoms with van der Waals surface area (Å²) in [5, 5.41) is 19.0. The van der Waals surface area contributed by atoms with Gasteiger partial charge in [0.2, 0.25) is 6.54 Å². The SMILES string of the molecule is O=C(O)CC1(C[N+](=O)[O-])CCCC1. The maximum absolute atomic E-state index is 10.5. The predicted molar refractivity (Wildman–Crippen MR) is 45.0 cm³/mol. The standard InChI is InChI=1S/C8H13NO4/c10-7(11)5-8(6-9(12)13)3-1-2-4-8/h1-6H2,(H,10,11). The quantitative estimate of drug-likeness (QED) is 0.531.